The van der Waals surface area contributed by atoms with Crippen LogP contribution in [0.4, 0.5) is 5.69 Å². The van der Waals surface area contributed by atoms with Crippen LogP contribution in [-0.4, -0.2) is 46.1 Å². The van der Waals surface area contributed by atoms with Crippen molar-refractivity contribution in [1.82, 2.24) is 0 Å². The molecule has 3 rings (SSSR count). The van der Waals surface area contributed by atoms with Crippen molar-refractivity contribution in [2.75, 3.05) is 51.0 Å². The Bertz CT molecular complexity index is 747. The summed E-state index contributed by atoms with van der Waals surface area (Å²) in [5, 5.41) is 9.64. The molecule has 5 nitrogen and oxygen atoms in total. The lowest BCUT2D eigenvalue weighted by molar-refractivity contribution is 0.110. The zero-order valence-electron chi connectivity index (χ0n) is 15.1. The van der Waals surface area contributed by atoms with Gasteiger partial charge >= 0.3 is 0 Å². The Morgan fingerprint density at radius 3 is 2.54 bits per heavy atom. The highest BCUT2D eigenvalue weighted by Crippen LogP contribution is 2.31. The number of morpholine rings is 1. The second kappa shape index (κ2) is 9.23. The summed E-state index contributed by atoms with van der Waals surface area (Å²) >= 11 is 0. The molecule has 0 bridgehead atoms. The number of rotatable bonds is 7. The molecule has 0 aromatic heterocycles. The summed E-state index contributed by atoms with van der Waals surface area (Å²) < 4.78 is 16.4. The number of hydrogen-bond donors (Lipinski definition) is 0. The number of nitriles is 1. The Morgan fingerprint density at radius 2 is 1.85 bits per heavy atom. The van der Waals surface area contributed by atoms with E-state index in [1.54, 1.807) is 0 Å². The molecule has 0 N–H and O–H groups in total. The van der Waals surface area contributed by atoms with Crippen molar-refractivity contribution in [2.24, 2.45) is 0 Å². The van der Waals surface area contributed by atoms with Gasteiger partial charge in [0, 0.05) is 30.9 Å². The van der Waals surface area contributed by atoms with Gasteiger partial charge in [0.25, 0.3) is 0 Å². The molecule has 1 aliphatic heterocycles. The van der Waals surface area contributed by atoms with Crippen LogP contribution in [0, 0.1) is 11.3 Å². The molecule has 0 amide bonds. The van der Waals surface area contributed by atoms with Gasteiger partial charge in [-0.3, -0.25) is 0 Å². The highest BCUT2D eigenvalue weighted by molar-refractivity contribution is 5.75. The summed E-state index contributed by atoms with van der Waals surface area (Å²) in [6.07, 6.45) is 0. The van der Waals surface area contributed by atoms with Gasteiger partial charge in [0.05, 0.1) is 19.8 Å². The Balaban J connectivity index is 1.78. The minimum atomic E-state index is 0.432. The first kappa shape index (κ1) is 18.2. The largest absolute Gasteiger partial charge is 0.490 e. The van der Waals surface area contributed by atoms with E-state index in [0.717, 1.165) is 37.4 Å². The molecule has 1 saturated heterocycles. The first-order valence-electron chi connectivity index (χ1n) is 9.00. The van der Waals surface area contributed by atoms with Crippen LogP contribution in [0.5, 0.6) is 5.75 Å². The fourth-order valence-electron chi connectivity index (χ4n) is 3.04. The zero-order valence-corrected chi connectivity index (χ0v) is 15.1. The maximum absolute atomic E-state index is 9.64. The minimum absolute atomic E-state index is 0.432. The first-order valence-corrected chi connectivity index (χ1v) is 9.00. The van der Waals surface area contributed by atoms with Crippen LogP contribution in [0.1, 0.15) is 12.5 Å². The number of anilines is 1. The average Bonchev–Trinajstić information content (AvgIpc) is 2.72. The molecule has 2 aromatic carbocycles. The molecule has 0 saturated carbocycles. The third kappa shape index (κ3) is 4.34. The fourth-order valence-corrected chi connectivity index (χ4v) is 3.04. The molecule has 0 radical (unpaired) electrons. The highest BCUT2D eigenvalue weighted by Gasteiger charge is 2.13. The van der Waals surface area contributed by atoms with E-state index in [0.29, 0.717) is 31.1 Å². The molecule has 26 heavy (non-hydrogen) atoms. The normalized spacial score (nSPS) is 14.1. The van der Waals surface area contributed by atoms with Gasteiger partial charge in [0.1, 0.15) is 24.0 Å². The van der Waals surface area contributed by atoms with Crippen molar-refractivity contribution in [3.05, 3.63) is 48.0 Å². The Hall–Kier alpha value is -2.55. The summed E-state index contributed by atoms with van der Waals surface area (Å²) in [5.41, 5.74) is 3.63. The molecule has 2 aromatic rings. The molecule has 0 unspecified atom stereocenters. The first-order chi connectivity index (χ1) is 12.8. The van der Waals surface area contributed by atoms with Crippen LogP contribution in [-0.2, 0) is 9.47 Å². The van der Waals surface area contributed by atoms with Crippen LogP contribution in [0.15, 0.2) is 42.5 Å². The molecule has 136 valence electrons. The molecule has 5 heteroatoms. The van der Waals surface area contributed by atoms with Gasteiger partial charge in [-0.25, -0.2) is 0 Å². The summed E-state index contributed by atoms with van der Waals surface area (Å²) in [6, 6.07) is 16.3. The second-order valence-corrected chi connectivity index (χ2v) is 5.98. The fraction of sp³-hybridized carbons (Fsp3) is 0.381. The van der Waals surface area contributed by atoms with Crippen LogP contribution >= 0.6 is 0 Å². The van der Waals surface area contributed by atoms with Crippen molar-refractivity contribution in [3.63, 3.8) is 0 Å². The standard InChI is InChI=1S/C21H24N2O3/c1-2-24-14-15-26-21-5-3-4-19(20(21)16-22)17-6-8-18(9-7-17)23-10-12-25-13-11-23/h3-9H,2,10-15H2,1H3. The van der Waals surface area contributed by atoms with E-state index in [1.165, 1.54) is 5.69 Å². The Kier molecular flexibility index (Phi) is 6.48. The molecule has 0 aliphatic carbocycles. The van der Waals surface area contributed by atoms with Crippen LogP contribution < -0.4 is 9.64 Å². The number of nitrogens with zero attached hydrogens (tertiary/aromatic N) is 2. The average molecular weight is 352 g/mol. The van der Waals surface area contributed by atoms with E-state index in [-0.39, 0.29) is 0 Å². The van der Waals surface area contributed by atoms with Crippen molar-refractivity contribution in [1.29, 1.82) is 5.26 Å². The quantitative estimate of drug-likeness (QED) is 0.714. The molecule has 1 aliphatic rings. The van der Waals surface area contributed by atoms with Gasteiger partial charge in [-0.2, -0.15) is 5.26 Å². The maximum Gasteiger partial charge on any atom is 0.137 e. The lowest BCUT2D eigenvalue weighted by Gasteiger charge is -2.29. The number of hydrogen-bond acceptors (Lipinski definition) is 5. The molecular weight excluding hydrogens is 328 g/mol. The summed E-state index contributed by atoms with van der Waals surface area (Å²) in [5.74, 6) is 0.599. The van der Waals surface area contributed by atoms with Gasteiger partial charge in [-0.1, -0.05) is 24.3 Å². The van der Waals surface area contributed by atoms with Crippen molar-refractivity contribution in [3.8, 4) is 22.9 Å². The number of ether oxygens (including phenoxy) is 3. The maximum atomic E-state index is 9.64. The summed E-state index contributed by atoms with van der Waals surface area (Å²) in [7, 11) is 0. The van der Waals surface area contributed by atoms with Gasteiger partial charge in [-0.15, -0.1) is 0 Å². The van der Waals surface area contributed by atoms with Crippen molar-refractivity contribution >= 4 is 5.69 Å². The number of benzene rings is 2. The van der Waals surface area contributed by atoms with E-state index in [1.807, 2.05) is 25.1 Å². The van der Waals surface area contributed by atoms with Crippen molar-refractivity contribution in [2.45, 2.75) is 6.92 Å². The molecule has 1 heterocycles. The Morgan fingerprint density at radius 1 is 1.08 bits per heavy atom. The summed E-state index contributed by atoms with van der Waals surface area (Å²) in [6.45, 7) is 6.90. The van der Waals surface area contributed by atoms with E-state index in [2.05, 4.69) is 35.2 Å². The van der Waals surface area contributed by atoms with Crippen LogP contribution in [0.2, 0.25) is 0 Å². The topological polar surface area (TPSA) is 54.7 Å². The molecular formula is C21H24N2O3. The molecule has 1 fully saturated rings. The van der Waals surface area contributed by atoms with E-state index < -0.39 is 0 Å². The molecule has 0 spiro atoms. The van der Waals surface area contributed by atoms with E-state index in [4.69, 9.17) is 14.2 Å². The smallest absolute Gasteiger partial charge is 0.137 e. The lowest BCUT2D eigenvalue weighted by atomic mass is 9.99. The van der Waals surface area contributed by atoms with Gasteiger partial charge in [0.2, 0.25) is 0 Å². The van der Waals surface area contributed by atoms with E-state index in [9.17, 15) is 5.26 Å². The van der Waals surface area contributed by atoms with Gasteiger partial charge < -0.3 is 19.1 Å². The van der Waals surface area contributed by atoms with E-state index >= 15 is 0 Å². The van der Waals surface area contributed by atoms with Gasteiger partial charge in [-0.05, 0) is 30.7 Å². The highest BCUT2D eigenvalue weighted by atomic mass is 16.5. The lowest BCUT2D eigenvalue weighted by Crippen LogP contribution is -2.36. The summed E-state index contributed by atoms with van der Waals surface area (Å²) in [4.78, 5) is 2.31. The van der Waals surface area contributed by atoms with Crippen LogP contribution in [0.3, 0.4) is 0 Å². The predicted octanol–water partition coefficient (Wildman–Crippen LogP) is 3.48. The zero-order chi connectivity index (χ0) is 18.2. The van der Waals surface area contributed by atoms with Gasteiger partial charge in [0.15, 0.2) is 0 Å². The minimum Gasteiger partial charge on any atom is -0.490 e. The molecule has 0 atom stereocenters. The third-order valence-corrected chi connectivity index (χ3v) is 4.38. The monoisotopic (exact) mass is 352 g/mol. The SMILES string of the molecule is CCOCCOc1cccc(-c2ccc(N3CCOCC3)cc2)c1C#N. The second-order valence-electron chi connectivity index (χ2n) is 5.98. The predicted molar refractivity (Wildman–Crippen MR) is 102 cm³/mol. The van der Waals surface area contributed by atoms with Crippen molar-refractivity contribution < 1.29 is 14.2 Å². The van der Waals surface area contributed by atoms with Crippen LogP contribution in [0.25, 0.3) is 11.1 Å². The third-order valence-electron chi connectivity index (χ3n) is 4.38. The Labute approximate surface area is 154 Å².